The van der Waals surface area contributed by atoms with Gasteiger partial charge in [0, 0.05) is 25.8 Å². The van der Waals surface area contributed by atoms with Gasteiger partial charge in [0.05, 0.1) is 24.3 Å². The van der Waals surface area contributed by atoms with Crippen LogP contribution in [0.2, 0.25) is 0 Å². The molecule has 23 heavy (non-hydrogen) atoms. The quantitative estimate of drug-likeness (QED) is 0.647. The standard InChI is InChI=1S/C16H26N2O5/c1-5-12(6-2)23-14-8-11(16(21)22)7-13(17-9(3)19)15(14)18-10(4)20/h8,12-15H,5-7H2,1-4H3,(H,17,19)(H,18,20)(H,21,22)/t13-,14+,15+/m0/s1. The van der Waals surface area contributed by atoms with Crippen LogP contribution in [-0.4, -0.2) is 47.2 Å². The molecule has 0 heterocycles. The number of hydrogen-bond acceptors (Lipinski definition) is 4. The second-order valence-corrected chi connectivity index (χ2v) is 5.77. The summed E-state index contributed by atoms with van der Waals surface area (Å²) in [6.45, 7) is 6.71. The summed E-state index contributed by atoms with van der Waals surface area (Å²) in [6.07, 6.45) is 2.60. The van der Waals surface area contributed by atoms with Crippen molar-refractivity contribution in [2.24, 2.45) is 0 Å². The molecule has 0 radical (unpaired) electrons. The van der Waals surface area contributed by atoms with E-state index >= 15 is 0 Å². The third kappa shape index (κ3) is 5.67. The molecule has 3 atom stereocenters. The number of rotatable bonds is 7. The fraction of sp³-hybridized carbons (Fsp3) is 0.688. The molecule has 7 heteroatoms. The average Bonchev–Trinajstić information content (AvgIpc) is 2.46. The van der Waals surface area contributed by atoms with Gasteiger partial charge in [0.25, 0.3) is 0 Å². The molecule has 0 aromatic heterocycles. The van der Waals surface area contributed by atoms with Crippen LogP contribution in [0, 0.1) is 0 Å². The number of hydrogen-bond donors (Lipinski definition) is 3. The molecule has 1 aliphatic carbocycles. The van der Waals surface area contributed by atoms with Crippen LogP contribution in [-0.2, 0) is 19.1 Å². The van der Waals surface area contributed by atoms with Gasteiger partial charge in [0.15, 0.2) is 0 Å². The molecular formula is C16H26N2O5. The van der Waals surface area contributed by atoms with Crippen molar-refractivity contribution in [1.29, 1.82) is 0 Å². The van der Waals surface area contributed by atoms with Crippen molar-refractivity contribution in [3.05, 3.63) is 11.6 Å². The largest absolute Gasteiger partial charge is 0.478 e. The highest BCUT2D eigenvalue weighted by Gasteiger charge is 2.37. The lowest BCUT2D eigenvalue weighted by Crippen LogP contribution is -2.59. The van der Waals surface area contributed by atoms with Crippen molar-refractivity contribution in [3.63, 3.8) is 0 Å². The Labute approximate surface area is 136 Å². The Kier molecular flexibility index (Phi) is 7.22. The Hall–Kier alpha value is -1.89. The first kappa shape index (κ1) is 19.2. The van der Waals surface area contributed by atoms with E-state index < -0.39 is 24.2 Å². The molecule has 7 nitrogen and oxygen atoms in total. The van der Waals surface area contributed by atoms with Gasteiger partial charge in [0.1, 0.15) is 0 Å². The summed E-state index contributed by atoms with van der Waals surface area (Å²) in [5.41, 5.74) is 0.182. The second kappa shape index (κ2) is 8.67. The molecule has 0 saturated heterocycles. The fourth-order valence-electron chi connectivity index (χ4n) is 2.77. The minimum absolute atomic E-state index is 0.0429. The van der Waals surface area contributed by atoms with Crippen LogP contribution in [0.3, 0.4) is 0 Å². The van der Waals surface area contributed by atoms with Gasteiger partial charge in [-0.1, -0.05) is 13.8 Å². The zero-order valence-corrected chi connectivity index (χ0v) is 14.1. The Morgan fingerprint density at radius 3 is 2.22 bits per heavy atom. The van der Waals surface area contributed by atoms with E-state index in [1.807, 2.05) is 13.8 Å². The molecule has 0 aliphatic heterocycles. The van der Waals surface area contributed by atoms with Gasteiger partial charge in [-0.25, -0.2) is 4.79 Å². The molecular weight excluding hydrogens is 300 g/mol. The number of carbonyl (C=O) groups excluding carboxylic acids is 2. The van der Waals surface area contributed by atoms with E-state index in [9.17, 15) is 19.5 Å². The Morgan fingerprint density at radius 1 is 1.22 bits per heavy atom. The zero-order chi connectivity index (χ0) is 17.6. The lowest BCUT2D eigenvalue weighted by molar-refractivity contribution is -0.133. The van der Waals surface area contributed by atoms with Gasteiger partial charge in [0.2, 0.25) is 11.8 Å². The van der Waals surface area contributed by atoms with Crippen LogP contribution < -0.4 is 10.6 Å². The highest BCUT2D eigenvalue weighted by molar-refractivity contribution is 5.87. The van der Waals surface area contributed by atoms with Gasteiger partial charge < -0.3 is 20.5 Å². The Morgan fingerprint density at radius 2 is 1.78 bits per heavy atom. The molecule has 0 spiro atoms. The molecule has 1 rings (SSSR count). The number of aliphatic carboxylic acids is 1. The second-order valence-electron chi connectivity index (χ2n) is 5.77. The maximum absolute atomic E-state index is 11.5. The summed E-state index contributed by atoms with van der Waals surface area (Å²) in [6, 6.07) is -1.02. The predicted molar refractivity (Wildman–Crippen MR) is 84.8 cm³/mol. The summed E-state index contributed by atoms with van der Waals surface area (Å²) in [5, 5.41) is 14.8. The fourth-order valence-corrected chi connectivity index (χ4v) is 2.77. The third-order valence-electron chi connectivity index (χ3n) is 3.89. The topological polar surface area (TPSA) is 105 Å². The molecule has 0 unspecified atom stereocenters. The van der Waals surface area contributed by atoms with Gasteiger partial charge in [-0.15, -0.1) is 0 Å². The molecule has 0 saturated carbocycles. The van der Waals surface area contributed by atoms with Crippen molar-refractivity contribution in [2.45, 2.75) is 71.2 Å². The molecule has 0 aromatic rings. The number of carboxylic acids is 1. The van der Waals surface area contributed by atoms with Crippen molar-refractivity contribution in [3.8, 4) is 0 Å². The molecule has 0 fully saturated rings. The van der Waals surface area contributed by atoms with E-state index in [0.29, 0.717) is 0 Å². The first-order valence-electron chi connectivity index (χ1n) is 7.92. The van der Waals surface area contributed by atoms with Crippen LogP contribution >= 0.6 is 0 Å². The lowest BCUT2D eigenvalue weighted by atomic mass is 9.87. The maximum Gasteiger partial charge on any atom is 0.331 e. The number of carbonyl (C=O) groups is 3. The predicted octanol–water partition coefficient (Wildman–Crippen LogP) is 0.984. The normalized spacial score (nSPS) is 24.0. The van der Waals surface area contributed by atoms with Crippen LogP contribution in [0.1, 0.15) is 47.0 Å². The minimum Gasteiger partial charge on any atom is -0.478 e. The van der Waals surface area contributed by atoms with E-state index in [2.05, 4.69) is 10.6 Å². The number of ether oxygens (including phenoxy) is 1. The minimum atomic E-state index is -1.04. The van der Waals surface area contributed by atoms with Crippen LogP contribution in [0.15, 0.2) is 11.6 Å². The van der Waals surface area contributed by atoms with Crippen molar-refractivity contribution in [2.75, 3.05) is 0 Å². The monoisotopic (exact) mass is 326 g/mol. The van der Waals surface area contributed by atoms with Crippen molar-refractivity contribution < 1.29 is 24.2 Å². The summed E-state index contributed by atoms with van der Waals surface area (Å²) >= 11 is 0. The number of carboxylic acid groups (broad SMARTS) is 1. The van der Waals surface area contributed by atoms with E-state index in [4.69, 9.17) is 4.74 Å². The highest BCUT2D eigenvalue weighted by Crippen LogP contribution is 2.24. The molecule has 1 aliphatic rings. The summed E-state index contributed by atoms with van der Waals surface area (Å²) < 4.78 is 5.99. The van der Waals surface area contributed by atoms with Gasteiger partial charge in [-0.2, -0.15) is 0 Å². The van der Waals surface area contributed by atoms with E-state index in [1.165, 1.54) is 13.8 Å². The average molecular weight is 326 g/mol. The SMILES string of the molecule is CCC(CC)O[C@@H]1C=C(C(=O)O)C[C@H](NC(C)=O)[C@H]1NC(C)=O. The third-order valence-corrected chi connectivity index (χ3v) is 3.89. The van der Waals surface area contributed by atoms with Gasteiger partial charge >= 0.3 is 5.97 Å². The molecule has 130 valence electrons. The summed E-state index contributed by atoms with van der Waals surface area (Å²) in [7, 11) is 0. The maximum atomic E-state index is 11.5. The molecule has 0 aromatic carbocycles. The zero-order valence-electron chi connectivity index (χ0n) is 14.1. The number of amides is 2. The first-order valence-corrected chi connectivity index (χ1v) is 7.92. The van der Waals surface area contributed by atoms with E-state index in [0.717, 1.165) is 12.8 Å². The van der Waals surface area contributed by atoms with Crippen LogP contribution in [0.4, 0.5) is 0 Å². The molecule has 3 N–H and O–H groups in total. The first-order chi connectivity index (χ1) is 10.8. The van der Waals surface area contributed by atoms with Crippen molar-refractivity contribution >= 4 is 17.8 Å². The van der Waals surface area contributed by atoms with Crippen LogP contribution in [0.5, 0.6) is 0 Å². The Balaban J connectivity index is 3.12. The lowest BCUT2D eigenvalue weighted by Gasteiger charge is -2.38. The molecule has 2 amide bonds. The number of nitrogens with one attached hydrogen (secondary N) is 2. The van der Waals surface area contributed by atoms with E-state index in [-0.39, 0.29) is 29.9 Å². The highest BCUT2D eigenvalue weighted by atomic mass is 16.5. The van der Waals surface area contributed by atoms with Crippen LogP contribution in [0.25, 0.3) is 0 Å². The Bertz CT molecular complexity index is 485. The molecule has 0 bridgehead atoms. The summed E-state index contributed by atoms with van der Waals surface area (Å²) in [5.74, 6) is -1.58. The summed E-state index contributed by atoms with van der Waals surface area (Å²) in [4.78, 5) is 34.3. The van der Waals surface area contributed by atoms with Gasteiger partial charge in [-0.3, -0.25) is 9.59 Å². The van der Waals surface area contributed by atoms with E-state index in [1.54, 1.807) is 6.08 Å². The smallest absolute Gasteiger partial charge is 0.331 e. The van der Waals surface area contributed by atoms with Crippen molar-refractivity contribution in [1.82, 2.24) is 10.6 Å². The van der Waals surface area contributed by atoms with Gasteiger partial charge in [-0.05, 0) is 18.9 Å².